The first-order valence-corrected chi connectivity index (χ1v) is 5.64. The van der Waals surface area contributed by atoms with E-state index >= 15 is 0 Å². The van der Waals surface area contributed by atoms with Crippen LogP contribution < -0.4 is 10.5 Å². The number of hydrogen-bond acceptors (Lipinski definition) is 4. The number of aromatic nitrogens is 3. The Morgan fingerprint density at radius 2 is 2.00 bits per heavy atom. The maximum absolute atomic E-state index is 12.3. The minimum atomic E-state index is -2.89. The summed E-state index contributed by atoms with van der Waals surface area (Å²) in [6.45, 7) is 0.668. The van der Waals surface area contributed by atoms with E-state index in [1.165, 1.54) is 10.7 Å². The molecule has 0 aliphatic heterocycles. The van der Waals surface area contributed by atoms with Gasteiger partial charge in [-0.1, -0.05) is 17.3 Å². The lowest BCUT2D eigenvalue weighted by Crippen LogP contribution is -2.29. The third kappa shape index (κ3) is 3.05. The number of halogens is 2. The van der Waals surface area contributed by atoms with E-state index in [0.717, 1.165) is 0 Å². The Morgan fingerprint density at radius 1 is 1.32 bits per heavy atom. The topological polar surface area (TPSA) is 66.0 Å². The molecule has 1 aromatic carbocycles. The van der Waals surface area contributed by atoms with Crippen molar-refractivity contribution < 1.29 is 13.5 Å². The molecule has 0 amide bonds. The second-order valence-corrected chi connectivity index (χ2v) is 4.62. The summed E-state index contributed by atoms with van der Waals surface area (Å²) in [5.74, 6) is 0.0313. The third-order valence-electron chi connectivity index (χ3n) is 2.48. The second kappa shape index (κ2) is 4.93. The molecular formula is C12H14F2N4O. The summed E-state index contributed by atoms with van der Waals surface area (Å²) in [7, 11) is 0. The van der Waals surface area contributed by atoms with Crippen molar-refractivity contribution in [1.82, 2.24) is 15.0 Å². The van der Waals surface area contributed by atoms with Gasteiger partial charge in [-0.25, -0.2) is 4.68 Å². The van der Waals surface area contributed by atoms with Crippen LogP contribution in [0.25, 0.3) is 5.69 Å². The van der Waals surface area contributed by atoms with E-state index in [0.29, 0.717) is 11.4 Å². The van der Waals surface area contributed by atoms with Gasteiger partial charge in [0, 0.05) is 0 Å². The molecule has 102 valence electrons. The summed E-state index contributed by atoms with van der Waals surface area (Å²) >= 11 is 0. The van der Waals surface area contributed by atoms with Crippen LogP contribution in [-0.2, 0) is 5.54 Å². The molecule has 0 unspecified atom stereocenters. The van der Waals surface area contributed by atoms with E-state index in [4.69, 9.17) is 5.73 Å². The molecule has 1 aromatic heterocycles. The van der Waals surface area contributed by atoms with Crippen molar-refractivity contribution in [1.29, 1.82) is 0 Å². The Hall–Kier alpha value is -2.02. The van der Waals surface area contributed by atoms with E-state index in [-0.39, 0.29) is 5.75 Å². The molecule has 0 fully saturated rings. The average Bonchev–Trinajstić information content (AvgIpc) is 2.77. The predicted octanol–water partition coefficient (Wildman–Crippen LogP) is 2.06. The fourth-order valence-electron chi connectivity index (χ4n) is 1.52. The molecule has 0 saturated carbocycles. The van der Waals surface area contributed by atoms with Crippen molar-refractivity contribution in [2.75, 3.05) is 0 Å². The highest BCUT2D eigenvalue weighted by Crippen LogP contribution is 2.24. The fourth-order valence-corrected chi connectivity index (χ4v) is 1.52. The van der Waals surface area contributed by atoms with Crippen LogP contribution in [0.1, 0.15) is 19.5 Å². The molecule has 19 heavy (non-hydrogen) atoms. The first-order valence-electron chi connectivity index (χ1n) is 5.64. The minimum Gasteiger partial charge on any atom is -0.433 e. The molecule has 0 aliphatic carbocycles. The van der Waals surface area contributed by atoms with Crippen LogP contribution in [-0.4, -0.2) is 21.6 Å². The normalized spacial score (nSPS) is 11.9. The summed E-state index contributed by atoms with van der Waals surface area (Å²) in [4.78, 5) is 0. The highest BCUT2D eigenvalue weighted by atomic mass is 19.3. The van der Waals surface area contributed by atoms with Crippen LogP contribution >= 0.6 is 0 Å². The molecule has 5 nitrogen and oxygen atoms in total. The zero-order chi connectivity index (χ0) is 14.0. The lowest BCUT2D eigenvalue weighted by atomic mass is 10.0. The molecule has 0 bridgehead atoms. The Bertz CT molecular complexity index is 563. The first-order chi connectivity index (χ1) is 8.88. The van der Waals surface area contributed by atoms with E-state index in [9.17, 15) is 8.78 Å². The maximum atomic E-state index is 12.3. The molecule has 2 N–H and O–H groups in total. The molecule has 0 aliphatic rings. The van der Waals surface area contributed by atoms with Gasteiger partial charge in [0.2, 0.25) is 0 Å². The molecule has 0 saturated heterocycles. The third-order valence-corrected chi connectivity index (χ3v) is 2.48. The molecule has 7 heteroatoms. The second-order valence-electron chi connectivity index (χ2n) is 4.62. The molecular weight excluding hydrogens is 254 g/mol. The van der Waals surface area contributed by atoms with Gasteiger partial charge < -0.3 is 10.5 Å². The zero-order valence-corrected chi connectivity index (χ0v) is 10.5. The lowest BCUT2D eigenvalue weighted by Gasteiger charge is -2.13. The number of para-hydroxylation sites is 2. The van der Waals surface area contributed by atoms with Crippen LogP contribution in [0.4, 0.5) is 8.78 Å². The van der Waals surface area contributed by atoms with Gasteiger partial charge in [0.15, 0.2) is 5.75 Å². The van der Waals surface area contributed by atoms with Gasteiger partial charge in [-0.15, -0.1) is 5.10 Å². The molecule has 1 heterocycles. The van der Waals surface area contributed by atoms with Gasteiger partial charge in [0.05, 0.1) is 11.7 Å². The van der Waals surface area contributed by atoms with Gasteiger partial charge in [-0.3, -0.25) is 0 Å². The maximum Gasteiger partial charge on any atom is 0.387 e. The number of benzene rings is 1. The molecule has 2 rings (SSSR count). The van der Waals surface area contributed by atoms with Crippen LogP contribution in [0.3, 0.4) is 0 Å². The van der Waals surface area contributed by atoms with E-state index < -0.39 is 12.2 Å². The SMILES string of the molecule is CC(C)(N)c1cn(-c2ccccc2OC(F)F)nn1. The number of ether oxygens (including phenoxy) is 1. The van der Waals surface area contributed by atoms with Crippen LogP contribution in [0.2, 0.25) is 0 Å². The monoisotopic (exact) mass is 268 g/mol. The largest absolute Gasteiger partial charge is 0.433 e. The highest BCUT2D eigenvalue weighted by molar-refractivity contribution is 5.45. The Balaban J connectivity index is 2.39. The fraction of sp³-hybridized carbons (Fsp3) is 0.333. The van der Waals surface area contributed by atoms with Gasteiger partial charge in [0.1, 0.15) is 11.4 Å². The van der Waals surface area contributed by atoms with E-state index in [1.807, 2.05) is 0 Å². The van der Waals surface area contributed by atoms with Crippen molar-refractivity contribution in [2.45, 2.75) is 26.0 Å². The van der Waals surface area contributed by atoms with E-state index in [1.54, 1.807) is 38.2 Å². The zero-order valence-electron chi connectivity index (χ0n) is 10.5. The van der Waals surface area contributed by atoms with Crippen LogP contribution in [0, 0.1) is 0 Å². The predicted molar refractivity (Wildman–Crippen MR) is 65.2 cm³/mol. The smallest absolute Gasteiger partial charge is 0.387 e. The quantitative estimate of drug-likeness (QED) is 0.921. The summed E-state index contributed by atoms with van der Waals surface area (Å²) in [5, 5.41) is 7.81. The minimum absolute atomic E-state index is 0.0313. The number of alkyl halides is 2. The van der Waals surface area contributed by atoms with Gasteiger partial charge in [-0.2, -0.15) is 8.78 Å². The van der Waals surface area contributed by atoms with Crippen LogP contribution in [0.5, 0.6) is 5.75 Å². The standard InChI is InChI=1S/C12H14F2N4O/c1-12(2,15)10-7-18(17-16-10)8-5-3-4-6-9(8)19-11(13)14/h3-7,11H,15H2,1-2H3. The number of nitrogens with zero attached hydrogens (tertiary/aromatic N) is 3. The average molecular weight is 268 g/mol. The van der Waals surface area contributed by atoms with Crippen molar-refractivity contribution in [3.63, 3.8) is 0 Å². The summed E-state index contributed by atoms with van der Waals surface area (Å²) in [6.07, 6.45) is 1.59. The van der Waals surface area contributed by atoms with Gasteiger partial charge in [0.25, 0.3) is 0 Å². The summed E-state index contributed by atoms with van der Waals surface area (Å²) in [6, 6.07) is 6.35. The Kier molecular flexibility index (Phi) is 3.48. The first kappa shape index (κ1) is 13.4. The van der Waals surface area contributed by atoms with E-state index in [2.05, 4.69) is 15.0 Å². The molecule has 0 radical (unpaired) electrons. The Labute approximate surface area is 109 Å². The number of nitrogens with two attached hydrogens (primary N) is 1. The molecule has 0 atom stereocenters. The highest BCUT2D eigenvalue weighted by Gasteiger charge is 2.20. The number of rotatable bonds is 4. The van der Waals surface area contributed by atoms with Crippen molar-refractivity contribution in [3.05, 3.63) is 36.2 Å². The van der Waals surface area contributed by atoms with Crippen LogP contribution in [0.15, 0.2) is 30.5 Å². The van der Waals surface area contributed by atoms with Crippen molar-refractivity contribution in [2.24, 2.45) is 5.73 Å². The summed E-state index contributed by atoms with van der Waals surface area (Å²) < 4.78 is 30.5. The van der Waals surface area contributed by atoms with Crippen molar-refractivity contribution in [3.8, 4) is 11.4 Å². The van der Waals surface area contributed by atoms with Gasteiger partial charge in [-0.05, 0) is 26.0 Å². The van der Waals surface area contributed by atoms with Crippen molar-refractivity contribution >= 4 is 0 Å². The lowest BCUT2D eigenvalue weighted by molar-refractivity contribution is -0.0499. The molecule has 0 spiro atoms. The summed E-state index contributed by atoms with van der Waals surface area (Å²) in [5.41, 5.74) is 6.18. The van der Waals surface area contributed by atoms with Gasteiger partial charge >= 0.3 is 6.61 Å². The molecule has 2 aromatic rings. The Morgan fingerprint density at radius 3 is 2.58 bits per heavy atom. The number of hydrogen-bond donors (Lipinski definition) is 1.